The Morgan fingerprint density at radius 1 is 1.27 bits per heavy atom. The number of carbonyl (C=O) groups is 1. The van der Waals surface area contributed by atoms with Crippen LogP contribution in [0.5, 0.6) is 0 Å². The quantitative estimate of drug-likeness (QED) is 0.721. The lowest BCUT2D eigenvalue weighted by molar-refractivity contribution is -0.125. The maximum absolute atomic E-state index is 11.9. The number of carbonyl (C=O) groups excluding carboxylic acids is 1. The summed E-state index contributed by atoms with van der Waals surface area (Å²) in [5.41, 5.74) is 0. The van der Waals surface area contributed by atoms with Gasteiger partial charge in [-0.05, 0) is 31.7 Å². The molecule has 0 bridgehead atoms. The SMILES string of the molecule is CC1CCCCC1NC(=O)[C@H]1CCNC1. The van der Waals surface area contributed by atoms with E-state index in [0.717, 1.165) is 19.5 Å². The van der Waals surface area contributed by atoms with Gasteiger partial charge in [0.05, 0.1) is 5.92 Å². The van der Waals surface area contributed by atoms with Crippen molar-refractivity contribution in [3.63, 3.8) is 0 Å². The molecule has 2 rings (SSSR count). The second-order valence-electron chi connectivity index (χ2n) is 5.07. The molecule has 3 heteroatoms. The van der Waals surface area contributed by atoms with E-state index in [-0.39, 0.29) is 11.8 Å². The fourth-order valence-electron chi connectivity index (χ4n) is 2.71. The van der Waals surface area contributed by atoms with Gasteiger partial charge in [-0.1, -0.05) is 19.8 Å². The molecule has 1 aliphatic carbocycles. The van der Waals surface area contributed by atoms with E-state index in [4.69, 9.17) is 0 Å². The fourth-order valence-corrected chi connectivity index (χ4v) is 2.71. The third kappa shape index (κ3) is 2.71. The predicted molar refractivity (Wildman–Crippen MR) is 60.5 cm³/mol. The van der Waals surface area contributed by atoms with Gasteiger partial charge in [0.2, 0.25) is 5.91 Å². The number of amides is 1. The monoisotopic (exact) mass is 210 g/mol. The highest BCUT2D eigenvalue weighted by Crippen LogP contribution is 2.24. The van der Waals surface area contributed by atoms with Crippen molar-refractivity contribution in [2.24, 2.45) is 11.8 Å². The van der Waals surface area contributed by atoms with E-state index in [1.807, 2.05) is 0 Å². The molecule has 1 aliphatic heterocycles. The molecule has 0 aromatic heterocycles. The first kappa shape index (κ1) is 10.9. The van der Waals surface area contributed by atoms with E-state index in [1.54, 1.807) is 0 Å². The van der Waals surface area contributed by atoms with E-state index in [0.29, 0.717) is 12.0 Å². The molecular weight excluding hydrogens is 188 g/mol. The number of rotatable bonds is 2. The highest BCUT2D eigenvalue weighted by molar-refractivity contribution is 5.79. The molecule has 1 saturated heterocycles. The summed E-state index contributed by atoms with van der Waals surface area (Å²) >= 11 is 0. The lowest BCUT2D eigenvalue weighted by Crippen LogP contribution is -2.44. The summed E-state index contributed by atoms with van der Waals surface area (Å²) in [7, 11) is 0. The summed E-state index contributed by atoms with van der Waals surface area (Å²) in [6, 6.07) is 0.437. The Kier molecular flexibility index (Phi) is 3.62. The molecule has 0 aromatic rings. The second kappa shape index (κ2) is 4.97. The number of nitrogens with one attached hydrogen (secondary N) is 2. The normalized spacial score (nSPS) is 36.5. The van der Waals surface area contributed by atoms with Gasteiger partial charge < -0.3 is 10.6 Å². The molecule has 15 heavy (non-hydrogen) atoms. The zero-order valence-corrected chi connectivity index (χ0v) is 9.59. The standard InChI is InChI=1S/C12H22N2O/c1-9-4-2-3-5-11(9)14-12(15)10-6-7-13-8-10/h9-11,13H,2-8H2,1H3,(H,14,15)/t9?,10-,11?/m0/s1. The summed E-state index contributed by atoms with van der Waals surface area (Å²) in [6.07, 6.45) is 6.06. The molecule has 1 heterocycles. The first-order chi connectivity index (χ1) is 7.27. The van der Waals surface area contributed by atoms with Crippen LogP contribution in [-0.4, -0.2) is 25.0 Å². The first-order valence-corrected chi connectivity index (χ1v) is 6.28. The molecular formula is C12H22N2O. The van der Waals surface area contributed by atoms with Crippen LogP contribution in [0.15, 0.2) is 0 Å². The van der Waals surface area contributed by atoms with E-state index in [1.165, 1.54) is 25.7 Å². The van der Waals surface area contributed by atoms with E-state index in [2.05, 4.69) is 17.6 Å². The number of hydrogen-bond acceptors (Lipinski definition) is 2. The molecule has 1 amide bonds. The van der Waals surface area contributed by atoms with Crippen LogP contribution in [0.2, 0.25) is 0 Å². The molecule has 2 N–H and O–H groups in total. The van der Waals surface area contributed by atoms with Crippen molar-refractivity contribution in [1.29, 1.82) is 0 Å². The van der Waals surface area contributed by atoms with Crippen molar-refractivity contribution in [3.8, 4) is 0 Å². The Morgan fingerprint density at radius 3 is 2.73 bits per heavy atom. The third-order valence-electron chi connectivity index (χ3n) is 3.87. The van der Waals surface area contributed by atoms with Crippen LogP contribution in [0.3, 0.4) is 0 Å². The van der Waals surface area contributed by atoms with E-state index >= 15 is 0 Å². The molecule has 2 aliphatic rings. The van der Waals surface area contributed by atoms with Gasteiger partial charge in [-0.15, -0.1) is 0 Å². The van der Waals surface area contributed by atoms with Gasteiger partial charge in [0.15, 0.2) is 0 Å². The summed E-state index contributed by atoms with van der Waals surface area (Å²) in [5.74, 6) is 1.16. The summed E-state index contributed by atoms with van der Waals surface area (Å²) < 4.78 is 0. The fraction of sp³-hybridized carbons (Fsp3) is 0.917. The Hall–Kier alpha value is -0.570. The van der Waals surface area contributed by atoms with Gasteiger partial charge in [-0.25, -0.2) is 0 Å². The summed E-state index contributed by atoms with van der Waals surface area (Å²) in [4.78, 5) is 11.9. The van der Waals surface area contributed by atoms with Crippen molar-refractivity contribution in [1.82, 2.24) is 10.6 Å². The topological polar surface area (TPSA) is 41.1 Å². The highest BCUT2D eigenvalue weighted by atomic mass is 16.2. The molecule has 3 nitrogen and oxygen atoms in total. The van der Waals surface area contributed by atoms with Gasteiger partial charge in [-0.3, -0.25) is 4.79 Å². The van der Waals surface area contributed by atoms with E-state index in [9.17, 15) is 4.79 Å². The van der Waals surface area contributed by atoms with Crippen LogP contribution in [-0.2, 0) is 4.79 Å². The molecule has 3 atom stereocenters. The van der Waals surface area contributed by atoms with Gasteiger partial charge in [0, 0.05) is 12.6 Å². The van der Waals surface area contributed by atoms with Crippen LogP contribution in [0, 0.1) is 11.8 Å². The zero-order valence-electron chi connectivity index (χ0n) is 9.59. The summed E-state index contributed by atoms with van der Waals surface area (Å²) in [6.45, 7) is 4.13. The van der Waals surface area contributed by atoms with Crippen molar-refractivity contribution >= 4 is 5.91 Å². The Morgan fingerprint density at radius 2 is 2.07 bits per heavy atom. The third-order valence-corrected chi connectivity index (χ3v) is 3.87. The van der Waals surface area contributed by atoms with Gasteiger partial charge in [-0.2, -0.15) is 0 Å². The highest BCUT2D eigenvalue weighted by Gasteiger charge is 2.27. The minimum Gasteiger partial charge on any atom is -0.353 e. The minimum absolute atomic E-state index is 0.221. The largest absolute Gasteiger partial charge is 0.353 e. The average molecular weight is 210 g/mol. The van der Waals surface area contributed by atoms with Gasteiger partial charge in [0.1, 0.15) is 0 Å². The zero-order chi connectivity index (χ0) is 10.7. The maximum Gasteiger partial charge on any atom is 0.224 e. The van der Waals surface area contributed by atoms with Crippen molar-refractivity contribution < 1.29 is 4.79 Å². The Labute approximate surface area is 92.0 Å². The Balaban J connectivity index is 1.81. The minimum atomic E-state index is 0.221. The first-order valence-electron chi connectivity index (χ1n) is 6.28. The van der Waals surface area contributed by atoms with E-state index < -0.39 is 0 Å². The van der Waals surface area contributed by atoms with Crippen molar-refractivity contribution in [3.05, 3.63) is 0 Å². The summed E-state index contributed by atoms with van der Waals surface area (Å²) in [5, 5.41) is 6.47. The van der Waals surface area contributed by atoms with Crippen LogP contribution in [0.1, 0.15) is 39.0 Å². The lowest BCUT2D eigenvalue weighted by atomic mass is 9.85. The van der Waals surface area contributed by atoms with Crippen LogP contribution in [0.25, 0.3) is 0 Å². The van der Waals surface area contributed by atoms with Gasteiger partial charge in [0.25, 0.3) is 0 Å². The molecule has 2 unspecified atom stereocenters. The van der Waals surface area contributed by atoms with Gasteiger partial charge >= 0.3 is 0 Å². The maximum atomic E-state index is 11.9. The molecule has 86 valence electrons. The number of hydrogen-bond donors (Lipinski definition) is 2. The molecule has 0 spiro atoms. The van der Waals surface area contributed by atoms with Crippen molar-refractivity contribution in [2.75, 3.05) is 13.1 Å². The van der Waals surface area contributed by atoms with Crippen LogP contribution >= 0.6 is 0 Å². The lowest BCUT2D eigenvalue weighted by Gasteiger charge is -2.30. The Bertz CT molecular complexity index is 224. The predicted octanol–water partition coefficient (Wildman–Crippen LogP) is 1.29. The van der Waals surface area contributed by atoms with Crippen molar-refractivity contribution in [2.45, 2.75) is 45.1 Å². The molecule has 2 fully saturated rings. The average Bonchev–Trinajstić information content (AvgIpc) is 2.74. The second-order valence-corrected chi connectivity index (χ2v) is 5.07. The smallest absolute Gasteiger partial charge is 0.224 e. The van der Waals surface area contributed by atoms with Crippen LogP contribution < -0.4 is 10.6 Å². The molecule has 0 aromatic carbocycles. The molecule has 1 saturated carbocycles. The van der Waals surface area contributed by atoms with Crippen LogP contribution in [0.4, 0.5) is 0 Å². The molecule has 0 radical (unpaired) electrons.